The minimum atomic E-state index is -2.24. The summed E-state index contributed by atoms with van der Waals surface area (Å²) < 4.78 is 97.9. The lowest BCUT2D eigenvalue weighted by Gasteiger charge is -2.50. The number of hydrogen-bond donors (Lipinski definition) is 22. The number of ether oxygens (including phenoxy) is 16. The second-order valence-electron chi connectivity index (χ2n) is 25.2. The van der Waals surface area contributed by atoms with Gasteiger partial charge in [-0.05, 0) is 0 Å². The Bertz CT molecular complexity index is 2730. The molecule has 0 spiro atoms. The van der Waals surface area contributed by atoms with Crippen molar-refractivity contribution in [1.82, 2.24) is 0 Å². The largest absolute Gasteiger partial charge is 1.00 e. The quantitative estimate of drug-likeness (QED) is 0.0982. The van der Waals surface area contributed by atoms with E-state index < -0.39 is 285 Å². The van der Waals surface area contributed by atoms with Gasteiger partial charge in [0.05, 0.1) is 39.6 Å². The summed E-state index contributed by atoms with van der Waals surface area (Å²) in [6.07, 6.45) is -73.5. The maximum absolute atomic E-state index is 12.1. The molecule has 2 aromatic rings. The van der Waals surface area contributed by atoms with Crippen molar-refractivity contribution in [2.24, 2.45) is 0 Å². The van der Waals surface area contributed by atoms with Crippen molar-refractivity contribution in [3.63, 3.8) is 0 Å². The Morgan fingerprint density at radius 3 is 0.480 bits per heavy atom. The van der Waals surface area contributed by atoms with Crippen LogP contribution in [0.1, 0.15) is 0 Å². The van der Waals surface area contributed by atoms with Crippen LogP contribution in [0, 0.1) is 0 Å². The zero-order valence-corrected chi connectivity index (χ0v) is 54.1. The van der Waals surface area contributed by atoms with Gasteiger partial charge < -0.3 is 213 Å². The molecule has 0 aromatic carbocycles. The highest BCUT2D eigenvalue weighted by Crippen LogP contribution is 2.40. The van der Waals surface area contributed by atoms with E-state index in [2.05, 4.69) is 0 Å². The van der Waals surface area contributed by atoms with E-state index >= 15 is 0 Å². The molecular formula is C58H88Cl2N2O38. The van der Waals surface area contributed by atoms with Crippen LogP contribution in [0.15, 0.2) is 61.2 Å². The summed E-state index contributed by atoms with van der Waals surface area (Å²) in [4.78, 5) is 0. The average molecular weight is 1490 g/mol. The number of nitrogens with zero attached hydrogens (tertiary/aromatic N) is 2. The lowest BCUT2D eigenvalue weighted by Crippen LogP contribution is -3.00. The predicted molar refractivity (Wildman–Crippen MR) is 300 cm³/mol. The van der Waals surface area contributed by atoms with E-state index in [4.69, 9.17) is 75.8 Å². The molecule has 0 amide bonds. The topological polar surface area (TPSA) is 601 Å². The molecule has 42 heteroatoms. The fourth-order valence-corrected chi connectivity index (χ4v) is 13.4. The molecule has 30 saturated heterocycles. The minimum absolute atomic E-state index is 0. The highest BCUT2D eigenvalue weighted by molar-refractivity contribution is 5.03. The molecule has 32 rings (SSSR count). The summed E-state index contributed by atoms with van der Waals surface area (Å²) in [5.74, 6) is 0. The van der Waals surface area contributed by atoms with Gasteiger partial charge in [-0.2, -0.15) is 0 Å². The molecule has 30 aliphatic rings. The van der Waals surface area contributed by atoms with Gasteiger partial charge in [0.15, 0.2) is 88.2 Å². The third-order valence-corrected chi connectivity index (χ3v) is 18.9. The maximum atomic E-state index is 12.1. The summed E-state index contributed by atoms with van der Waals surface area (Å²) in [6, 6.07) is 9.88. The summed E-state index contributed by atoms with van der Waals surface area (Å²) >= 11 is 0. The first-order valence-corrected chi connectivity index (χ1v) is 31.8. The van der Waals surface area contributed by atoms with E-state index in [0.29, 0.717) is 0 Å². The van der Waals surface area contributed by atoms with E-state index in [0.717, 1.165) is 0 Å². The third kappa shape index (κ3) is 16.7. The Balaban J connectivity index is 0.00000583. The Hall–Kier alpha value is -2.64. The van der Waals surface area contributed by atoms with Crippen molar-refractivity contribution in [2.75, 3.05) is 39.6 Å². The SMILES string of the molecule is OC[C@H]1O[C@@H]2O[C@H]3[C@H](O)[C@@H](O)[C@@H](O[C@H]4[C@H](O)[C@H](O)[C@@H](O[C@H]5[C@@H](O)[C@H](O)[C@@H](O[C@H]6[C@@H](O)[C@H](O)[C@@H](O[C@H]7[C@@H](O)[C@@H](O)[C@@H](O[C@H]8[C@H](O)[C@@H](O)[C@@H](O[C@H]9[C@H](O)[C@@H](O)[C@@H](O[C@H]1[C@H](O)[C@H]2O)O[C@@H]9CO)O[C@@H]8CO)O[C@@H]7CO)O[C@@H]6CO)O[C@@H]5CO)O[C@@H]4C[n+]1ccccc1)O[C@@H]3C[n+]1ccccc1.[Cl-].[Cl-]. The summed E-state index contributed by atoms with van der Waals surface area (Å²) in [5.41, 5.74) is 0. The molecule has 0 unspecified atom stereocenters. The molecule has 0 radical (unpaired) electrons. The van der Waals surface area contributed by atoms with Crippen molar-refractivity contribution < 1.29 is 222 Å². The van der Waals surface area contributed by atoms with Gasteiger partial charge in [0.25, 0.3) is 0 Å². The lowest BCUT2D eigenvalue weighted by molar-refractivity contribution is -0.709. The standard InChI is InChI=1S/C58H88N2O38.2ClH/c61-13-21-45-30(70)38(78)54(86-21)95-47-23(15-63)88-56(40(80)32(47)72)97-49-25(17-65)90-58(42(82)34(49)74)98-50-26(18-66)89-57(41(81)33(50)73)96-48-24(16-64)87-55(39(79)31(48)71)94-46-22(14-62)85-53(37(77)29(46)69)92-44-20(12-60-9-5-2-6-10-60)83-51(35(75)27(44)67)91-43-19(11-59-7-3-1-4-8-59)84-52(93-45)36(76)28(43)68;;/h1-10,19-58,61-82H,11-18H2;2*1H/q+2;;/p-2/t19-,20-,21-,22-,23-,24-,25-,26-,27-,28-,29-,30+,31-,32+,33-,34+,35-,36+,37-,38+,39-,40+,41-,42-,43-,44-,45-,46-,47-,48-,49-,50-,51-,52-,53-,54-,55-,56-,57-,58-;;/m1../s1. The van der Waals surface area contributed by atoms with Gasteiger partial charge in [-0.3, -0.25) is 0 Å². The number of rotatable bonds is 10. The van der Waals surface area contributed by atoms with Crippen LogP contribution in [0.3, 0.4) is 0 Å². The van der Waals surface area contributed by atoms with Gasteiger partial charge in [0.1, 0.15) is 195 Å². The molecule has 0 saturated carbocycles. The molecule has 40 atom stereocenters. The molecular weight excluding hydrogens is 1400 g/mol. The second-order valence-corrected chi connectivity index (χ2v) is 25.2. The van der Waals surface area contributed by atoms with Crippen LogP contribution in [0.5, 0.6) is 0 Å². The molecule has 16 bridgehead atoms. The Morgan fingerprint density at radius 1 is 0.190 bits per heavy atom. The number of pyridine rings is 2. The predicted octanol–water partition coefficient (Wildman–Crippen LogP) is -21.4. The molecule has 0 aliphatic carbocycles. The van der Waals surface area contributed by atoms with Crippen LogP contribution >= 0.6 is 0 Å². The molecule has 2 aromatic heterocycles. The zero-order chi connectivity index (χ0) is 70.3. The van der Waals surface area contributed by atoms with Crippen LogP contribution in [0.4, 0.5) is 0 Å². The van der Waals surface area contributed by atoms with E-state index in [1.807, 2.05) is 0 Å². The first-order valence-electron chi connectivity index (χ1n) is 31.8. The highest BCUT2D eigenvalue weighted by Gasteiger charge is 2.61. The van der Waals surface area contributed by atoms with E-state index in [1.165, 1.54) is 0 Å². The van der Waals surface area contributed by atoms with Gasteiger partial charge in [-0.25, -0.2) is 9.13 Å². The monoisotopic (exact) mass is 1490 g/mol. The van der Waals surface area contributed by atoms with Crippen molar-refractivity contribution >= 4 is 0 Å². The molecule has 30 fully saturated rings. The lowest BCUT2D eigenvalue weighted by atomic mass is 9.94. The zero-order valence-electron chi connectivity index (χ0n) is 52.5. The molecule has 100 heavy (non-hydrogen) atoms. The smallest absolute Gasteiger partial charge is 0.187 e. The second kappa shape index (κ2) is 35.4. The number of aliphatic hydroxyl groups is 22. The molecule has 40 nitrogen and oxygen atoms in total. The molecule has 30 aliphatic heterocycles. The minimum Gasteiger partial charge on any atom is -1.00 e. The number of hydrogen-bond acceptors (Lipinski definition) is 38. The van der Waals surface area contributed by atoms with Gasteiger partial charge >= 0.3 is 0 Å². The normalized spacial score (nSPS) is 49.8. The van der Waals surface area contributed by atoms with Gasteiger partial charge in [0, 0.05) is 24.3 Å². The van der Waals surface area contributed by atoms with Crippen molar-refractivity contribution in [3.8, 4) is 0 Å². The van der Waals surface area contributed by atoms with Crippen LogP contribution in [-0.4, -0.2) is 398 Å². The van der Waals surface area contributed by atoms with E-state index in [1.54, 1.807) is 70.3 Å². The van der Waals surface area contributed by atoms with Crippen molar-refractivity contribution in [1.29, 1.82) is 0 Å². The number of aliphatic hydroxyl groups excluding tert-OH is 22. The highest BCUT2D eigenvalue weighted by atomic mass is 35.5. The Kier molecular flexibility index (Phi) is 28.8. The van der Waals surface area contributed by atoms with Gasteiger partial charge in [-0.15, -0.1) is 0 Å². The van der Waals surface area contributed by atoms with E-state index in [9.17, 15) is 112 Å². The van der Waals surface area contributed by atoms with Crippen molar-refractivity contribution in [2.45, 2.75) is 259 Å². The van der Waals surface area contributed by atoms with Crippen molar-refractivity contribution in [3.05, 3.63) is 61.2 Å². The van der Waals surface area contributed by atoms with Gasteiger partial charge in [0.2, 0.25) is 0 Å². The third-order valence-electron chi connectivity index (χ3n) is 18.9. The number of halogens is 2. The fraction of sp³-hybridized carbons (Fsp3) is 0.828. The van der Waals surface area contributed by atoms with Crippen LogP contribution in [0.2, 0.25) is 0 Å². The average Bonchev–Trinajstić information content (AvgIpc) is 0.776. The Morgan fingerprint density at radius 2 is 0.330 bits per heavy atom. The summed E-state index contributed by atoms with van der Waals surface area (Å²) in [5, 5.41) is 250. The first kappa shape index (κ1) is 81.4. The summed E-state index contributed by atoms with van der Waals surface area (Å²) in [7, 11) is 0. The first-order chi connectivity index (χ1) is 46.9. The molecule has 32 heterocycles. The molecule has 572 valence electrons. The van der Waals surface area contributed by atoms with Crippen LogP contribution < -0.4 is 33.9 Å². The van der Waals surface area contributed by atoms with Gasteiger partial charge in [-0.1, -0.05) is 12.1 Å². The summed E-state index contributed by atoms with van der Waals surface area (Å²) in [6.45, 7) is -6.85. The number of aromatic nitrogens is 2. The molecule has 22 N–H and O–H groups in total. The van der Waals surface area contributed by atoms with E-state index in [-0.39, 0.29) is 37.9 Å². The Labute approximate surface area is 579 Å². The van der Waals surface area contributed by atoms with Crippen LogP contribution in [-0.2, 0) is 88.9 Å². The maximum Gasteiger partial charge on any atom is 0.187 e. The van der Waals surface area contributed by atoms with Crippen LogP contribution in [0.25, 0.3) is 0 Å². The fourth-order valence-electron chi connectivity index (χ4n) is 13.4.